The van der Waals surface area contributed by atoms with Gasteiger partial charge in [0.15, 0.2) is 5.76 Å². The van der Waals surface area contributed by atoms with E-state index in [0.717, 1.165) is 33.7 Å². The standard InChI is InChI=1S/C23H18N2O4/c1-27-17-7-9-20-16(11-17)12-21(15-5-3-2-4-6-15)25(20)14-18-8-10-22(28-18)19-13-23(26)29-24-19/h2-12H,13-14H2,1H3. The Bertz CT molecular complexity index is 1230. The lowest BCUT2D eigenvalue weighted by Gasteiger charge is -2.10. The summed E-state index contributed by atoms with van der Waals surface area (Å²) in [5, 5.41) is 4.88. The highest BCUT2D eigenvalue weighted by molar-refractivity contribution is 6.10. The molecule has 29 heavy (non-hydrogen) atoms. The first-order valence-electron chi connectivity index (χ1n) is 9.30. The Labute approximate surface area is 166 Å². The van der Waals surface area contributed by atoms with Crippen molar-refractivity contribution < 1.29 is 18.8 Å². The van der Waals surface area contributed by atoms with Crippen LogP contribution in [0.2, 0.25) is 0 Å². The first-order chi connectivity index (χ1) is 14.2. The third kappa shape index (κ3) is 3.18. The molecule has 2 aromatic heterocycles. The molecule has 1 aliphatic rings. The topological polar surface area (TPSA) is 66.0 Å². The molecule has 5 rings (SSSR count). The zero-order chi connectivity index (χ0) is 19.8. The maximum absolute atomic E-state index is 11.3. The van der Waals surface area contributed by atoms with E-state index in [1.54, 1.807) is 7.11 Å². The molecule has 0 unspecified atom stereocenters. The van der Waals surface area contributed by atoms with E-state index in [1.807, 2.05) is 42.5 Å². The van der Waals surface area contributed by atoms with E-state index >= 15 is 0 Å². The Morgan fingerprint density at radius 1 is 1.07 bits per heavy atom. The van der Waals surface area contributed by atoms with Gasteiger partial charge in [0.25, 0.3) is 0 Å². The predicted molar refractivity (Wildman–Crippen MR) is 109 cm³/mol. The second-order valence-corrected chi connectivity index (χ2v) is 6.85. The highest BCUT2D eigenvalue weighted by Gasteiger charge is 2.22. The third-order valence-electron chi connectivity index (χ3n) is 5.01. The molecule has 0 saturated heterocycles. The number of nitrogens with zero attached hydrogens (tertiary/aromatic N) is 2. The Morgan fingerprint density at radius 2 is 1.93 bits per heavy atom. The maximum Gasteiger partial charge on any atom is 0.341 e. The van der Waals surface area contributed by atoms with Crippen molar-refractivity contribution in [2.45, 2.75) is 13.0 Å². The third-order valence-corrected chi connectivity index (χ3v) is 5.01. The molecule has 0 radical (unpaired) electrons. The van der Waals surface area contributed by atoms with Crippen molar-refractivity contribution in [1.82, 2.24) is 4.57 Å². The van der Waals surface area contributed by atoms with Crippen LogP contribution >= 0.6 is 0 Å². The van der Waals surface area contributed by atoms with Crippen LogP contribution in [0.5, 0.6) is 5.75 Å². The Hall–Kier alpha value is -3.80. The minimum atomic E-state index is -0.366. The lowest BCUT2D eigenvalue weighted by Crippen LogP contribution is -2.01. The van der Waals surface area contributed by atoms with Crippen molar-refractivity contribution in [3.05, 3.63) is 78.3 Å². The van der Waals surface area contributed by atoms with Crippen LogP contribution in [0.3, 0.4) is 0 Å². The van der Waals surface area contributed by atoms with Crippen molar-refractivity contribution in [3.63, 3.8) is 0 Å². The number of hydrogen-bond acceptors (Lipinski definition) is 5. The van der Waals surface area contributed by atoms with Crippen LogP contribution in [-0.4, -0.2) is 23.4 Å². The Balaban J connectivity index is 1.57. The fourth-order valence-electron chi connectivity index (χ4n) is 3.61. The molecule has 0 atom stereocenters. The van der Waals surface area contributed by atoms with E-state index in [1.165, 1.54) is 0 Å². The SMILES string of the molecule is COc1ccc2c(c1)cc(-c1ccccc1)n2Cc1ccc(C2=NOC(=O)C2)o1. The highest BCUT2D eigenvalue weighted by Crippen LogP contribution is 2.31. The number of aromatic nitrogens is 1. The van der Waals surface area contributed by atoms with Gasteiger partial charge in [-0.05, 0) is 42.0 Å². The summed E-state index contributed by atoms with van der Waals surface area (Å²) in [5.74, 6) is 1.78. The van der Waals surface area contributed by atoms with Gasteiger partial charge in [0.05, 0.1) is 20.1 Å². The van der Waals surface area contributed by atoms with Crippen molar-refractivity contribution >= 4 is 22.6 Å². The van der Waals surface area contributed by atoms with Crippen molar-refractivity contribution in [1.29, 1.82) is 0 Å². The fourth-order valence-corrected chi connectivity index (χ4v) is 3.61. The Morgan fingerprint density at radius 3 is 2.69 bits per heavy atom. The highest BCUT2D eigenvalue weighted by atomic mass is 16.7. The maximum atomic E-state index is 11.3. The lowest BCUT2D eigenvalue weighted by molar-refractivity contribution is -0.140. The summed E-state index contributed by atoms with van der Waals surface area (Å²) in [6.07, 6.45) is 0.133. The van der Waals surface area contributed by atoms with Crippen LogP contribution in [-0.2, 0) is 16.2 Å². The van der Waals surface area contributed by atoms with E-state index < -0.39 is 0 Å². The summed E-state index contributed by atoms with van der Waals surface area (Å²) < 4.78 is 13.6. The van der Waals surface area contributed by atoms with Gasteiger partial charge in [-0.25, -0.2) is 4.79 Å². The van der Waals surface area contributed by atoms with E-state index in [0.29, 0.717) is 18.0 Å². The van der Waals surface area contributed by atoms with Gasteiger partial charge in [-0.3, -0.25) is 0 Å². The summed E-state index contributed by atoms with van der Waals surface area (Å²) >= 11 is 0. The van der Waals surface area contributed by atoms with Gasteiger partial charge in [-0.1, -0.05) is 35.5 Å². The number of methoxy groups -OCH3 is 1. The minimum Gasteiger partial charge on any atom is -0.497 e. The number of oxime groups is 1. The van der Waals surface area contributed by atoms with Crippen LogP contribution < -0.4 is 4.74 Å². The lowest BCUT2D eigenvalue weighted by atomic mass is 10.1. The van der Waals surface area contributed by atoms with E-state index in [4.69, 9.17) is 9.15 Å². The number of rotatable bonds is 5. The van der Waals surface area contributed by atoms with Gasteiger partial charge >= 0.3 is 5.97 Å². The predicted octanol–water partition coefficient (Wildman–Crippen LogP) is 4.61. The van der Waals surface area contributed by atoms with Crippen molar-refractivity contribution in [2.24, 2.45) is 5.16 Å². The van der Waals surface area contributed by atoms with Gasteiger partial charge in [-0.2, -0.15) is 0 Å². The minimum absolute atomic E-state index is 0.133. The summed E-state index contributed by atoms with van der Waals surface area (Å²) in [6.45, 7) is 0.544. The molecule has 6 heteroatoms. The van der Waals surface area contributed by atoms with E-state index in [2.05, 4.69) is 38.8 Å². The first kappa shape index (κ1) is 17.3. The molecule has 4 aromatic rings. The van der Waals surface area contributed by atoms with Crippen LogP contribution in [0.25, 0.3) is 22.2 Å². The summed E-state index contributed by atoms with van der Waals surface area (Å²) in [4.78, 5) is 16.0. The molecule has 0 aliphatic carbocycles. The molecule has 1 aliphatic heterocycles. The molecule has 2 aromatic carbocycles. The largest absolute Gasteiger partial charge is 0.497 e. The normalized spacial score (nSPS) is 13.6. The van der Waals surface area contributed by atoms with Crippen LogP contribution in [0.4, 0.5) is 0 Å². The number of carbonyl (C=O) groups is 1. The zero-order valence-corrected chi connectivity index (χ0v) is 15.8. The second kappa shape index (κ2) is 6.98. The molecule has 0 bridgehead atoms. The molecule has 0 fully saturated rings. The summed E-state index contributed by atoms with van der Waals surface area (Å²) in [7, 11) is 1.67. The van der Waals surface area contributed by atoms with Crippen LogP contribution in [0.15, 0.2) is 76.3 Å². The van der Waals surface area contributed by atoms with Gasteiger partial charge in [0.1, 0.15) is 17.2 Å². The number of carbonyl (C=O) groups excluding carboxylic acids is 1. The van der Waals surface area contributed by atoms with Gasteiger partial charge < -0.3 is 18.6 Å². The molecule has 0 N–H and O–H groups in total. The average molecular weight is 386 g/mol. The second-order valence-electron chi connectivity index (χ2n) is 6.85. The molecule has 144 valence electrons. The van der Waals surface area contributed by atoms with Crippen LogP contribution in [0.1, 0.15) is 17.9 Å². The van der Waals surface area contributed by atoms with Gasteiger partial charge in [-0.15, -0.1) is 0 Å². The monoisotopic (exact) mass is 386 g/mol. The fraction of sp³-hybridized carbons (Fsp3) is 0.130. The summed E-state index contributed by atoms with van der Waals surface area (Å²) in [5.41, 5.74) is 3.81. The number of furan rings is 1. The smallest absolute Gasteiger partial charge is 0.341 e. The molecule has 0 amide bonds. The summed E-state index contributed by atoms with van der Waals surface area (Å²) in [6, 6.07) is 22.2. The number of benzene rings is 2. The number of hydrogen-bond donors (Lipinski definition) is 0. The van der Waals surface area contributed by atoms with E-state index in [-0.39, 0.29) is 12.4 Å². The molecule has 0 spiro atoms. The molecule has 3 heterocycles. The number of fused-ring (bicyclic) bond motifs is 1. The van der Waals surface area contributed by atoms with E-state index in [9.17, 15) is 4.79 Å². The quantitative estimate of drug-likeness (QED) is 0.470. The molecular formula is C23H18N2O4. The molecular weight excluding hydrogens is 368 g/mol. The van der Waals surface area contributed by atoms with Crippen molar-refractivity contribution in [3.8, 4) is 17.0 Å². The average Bonchev–Trinajstić information content (AvgIpc) is 3.47. The molecule has 6 nitrogen and oxygen atoms in total. The zero-order valence-electron chi connectivity index (χ0n) is 15.8. The van der Waals surface area contributed by atoms with Gasteiger partial charge in [0, 0.05) is 16.6 Å². The van der Waals surface area contributed by atoms with Crippen LogP contribution in [0, 0.1) is 0 Å². The van der Waals surface area contributed by atoms with Crippen molar-refractivity contribution in [2.75, 3.05) is 7.11 Å². The first-order valence-corrected chi connectivity index (χ1v) is 9.30. The van der Waals surface area contributed by atoms with Gasteiger partial charge in [0.2, 0.25) is 0 Å². The Kier molecular flexibility index (Phi) is 4.17. The molecule has 0 saturated carbocycles. The number of ether oxygens (including phenoxy) is 1.